The number of hydrogen-bond acceptors (Lipinski definition) is 3. The third-order valence-corrected chi connectivity index (χ3v) is 4.55. The van der Waals surface area contributed by atoms with Crippen LogP contribution in [0.4, 0.5) is 26.3 Å². The van der Waals surface area contributed by atoms with Crippen LogP contribution in [0, 0.1) is 0 Å². The summed E-state index contributed by atoms with van der Waals surface area (Å²) in [5.74, 6) is -2.00. The molecule has 0 aromatic carbocycles. The van der Waals surface area contributed by atoms with Crippen molar-refractivity contribution < 1.29 is 50.2 Å². The van der Waals surface area contributed by atoms with Crippen molar-refractivity contribution in [3.63, 3.8) is 0 Å². The molecule has 0 aliphatic rings. The fraction of sp³-hybridized carbons (Fsp3) is 0.889. The van der Waals surface area contributed by atoms with Crippen LogP contribution in [0.1, 0.15) is 26.2 Å². The zero-order chi connectivity index (χ0) is 17.1. The minimum absolute atomic E-state index is 0.802. The number of esters is 1. The Hall–Kier alpha value is -0.800. The van der Waals surface area contributed by atoms with Gasteiger partial charge in [0, 0.05) is 6.42 Å². The lowest BCUT2D eigenvalue weighted by Gasteiger charge is -2.31. The summed E-state index contributed by atoms with van der Waals surface area (Å²) >= 11 is 0. The highest BCUT2D eigenvalue weighted by Crippen LogP contribution is 2.56. The standard InChI is InChI=1S/C9H13F6O5P/c1-2-7(21(17,18)19,3-4-8(10,11)12)6(16)20-5-9(13,14)15/h2-5H2,1H3,(H2,17,18,19). The van der Waals surface area contributed by atoms with Gasteiger partial charge in [0.05, 0.1) is 0 Å². The summed E-state index contributed by atoms with van der Waals surface area (Å²) in [4.78, 5) is 29.7. The Labute approximate surface area is 115 Å². The third-order valence-electron chi connectivity index (χ3n) is 2.71. The summed E-state index contributed by atoms with van der Waals surface area (Å²) in [6.07, 6.45) is -13.7. The number of alkyl halides is 6. The normalized spacial score (nSPS) is 16.4. The lowest BCUT2D eigenvalue weighted by atomic mass is 9.99. The van der Waals surface area contributed by atoms with Crippen molar-refractivity contribution in [2.24, 2.45) is 0 Å². The topological polar surface area (TPSA) is 83.8 Å². The van der Waals surface area contributed by atoms with Gasteiger partial charge in [-0.2, -0.15) is 26.3 Å². The van der Waals surface area contributed by atoms with Crippen LogP contribution in [0.2, 0.25) is 0 Å². The fourth-order valence-corrected chi connectivity index (χ4v) is 2.64. The van der Waals surface area contributed by atoms with Crippen molar-refractivity contribution in [2.45, 2.75) is 43.7 Å². The molecule has 0 saturated carbocycles. The molecule has 0 amide bonds. The molecule has 0 rings (SSSR count). The van der Waals surface area contributed by atoms with E-state index in [1.54, 1.807) is 0 Å². The van der Waals surface area contributed by atoms with Crippen molar-refractivity contribution >= 4 is 13.6 Å². The second kappa shape index (κ2) is 6.53. The average molecular weight is 346 g/mol. The first-order valence-electron chi connectivity index (χ1n) is 5.51. The first-order valence-corrected chi connectivity index (χ1v) is 7.12. The molecule has 0 fully saturated rings. The van der Waals surface area contributed by atoms with Gasteiger partial charge in [-0.3, -0.25) is 9.36 Å². The maximum Gasteiger partial charge on any atom is 0.422 e. The van der Waals surface area contributed by atoms with E-state index in [4.69, 9.17) is 9.79 Å². The van der Waals surface area contributed by atoms with Gasteiger partial charge in [-0.25, -0.2) is 0 Å². The Morgan fingerprint density at radius 2 is 1.52 bits per heavy atom. The average Bonchev–Trinajstić information content (AvgIpc) is 2.23. The van der Waals surface area contributed by atoms with E-state index in [-0.39, 0.29) is 0 Å². The number of carbonyl (C=O) groups is 1. The van der Waals surface area contributed by atoms with Crippen LogP contribution in [0.3, 0.4) is 0 Å². The molecule has 21 heavy (non-hydrogen) atoms. The first-order chi connectivity index (χ1) is 9.15. The highest BCUT2D eigenvalue weighted by molar-refractivity contribution is 7.54. The largest absolute Gasteiger partial charge is 0.455 e. The Morgan fingerprint density at radius 1 is 1.05 bits per heavy atom. The minimum Gasteiger partial charge on any atom is -0.455 e. The lowest BCUT2D eigenvalue weighted by Crippen LogP contribution is -2.42. The van der Waals surface area contributed by atoms with Crippen molar-refractivity contribution in [3.8, 4) is 0 Å². The highest BCUT2D eigenvalue weighted by atomic mass is 31.2. The molecule has 0 aromatic rings. The van der Waals surface area contributed by atoms with E-state index >= 15 is 0 Å². The molecule has 0 saturated heterocycles. The number of hydrogen-bond donors (Lipinski definition) is 2. The van der Waals surface area contributed by atoms with E-state index < -0.39 is 56.9 Å². The molecule has 126 valence electrons. The Bertz CT molecular complexity index is 414. The lowest BCUT2D eigenvalue weighted by molar-refractivity contribution is -0.189. The number of halogens is 6. The molecular weight excluding hydrogens is 333 g/mol. The van der Waals surface area contributed by atoms with Crippen molar-refractivity contribution in [1.29, 1.82) is 0 Å². The van der Waals surface area contributed by atoms with Gasteiger partial charge in [-0.15, -0.1) is 0 Å². The van der Waals surface area contributed by atoms with Gasteiger partial charge in [-0.05, 0) is 12.8 Å². The zero-order valence-electron chi connectivity index (χ0n) is 10.7. The van der Waals surface area contributed by atoms with Crippen LogP contribution in [-0.2, 0) is 14.1 Å². The fourth-order valence-electron chi connectivity index (χ4n) is 1.52. The zero-order valence-corrected chi connectivity index (χ0v) is 11.6. The van der Waals surface area contributed by atoms with Crippen molar-refractivity contribution in [3.05, 3.63) is 0 Å². The monoisotopic (exact) mass is 346 g/mol. The van der Waals surface area contributed by atoms with Crippen molar-refractivity contribution in [1.82, 2.24) is 0 Å². The molecular formula is C9H13F6O5P. The number of ether oxygens (including phenoxy) is 1. The van der Waals surface area contributed by atoms with Gasteiger partial charge >= 0.3 is 25.9 Å². The van der Waals surface area contributed by atoms with Gasteiger partial charge in [0.1, 0.15) is 0 Å². The van der Waals surface area contributed by atoms with E-state index in [1.807, 2.05) is 0 Å². The predicted octanol–water partition coefficient (Wildman–Crippen LogP) is 2.76. The Morgan fingerprint density at radius 3 is 1.81 bits per heavy atom. The van der Waals surface area contributed by atoms with Crippen LogP contribution in [0.5, 0.6) is 0 Å². The van der Waals surface area contributed by atoms with E-state index in [1.165, 1.54) is 0 Å². The molecule has 0 heterocycles. The Balaban J connectivity index is 5.31. The molecule has 0 aliphatic heterocycles. The summed E-state index contributed by atoms with van der Waals surface area (Å²) in [6, 6.07) is 0. The van der Waals surface area contributed by atoms with Crippen molar-refractivity contribution in [2.75, 3.05) is 6.61 Å². The van der Waals surface area contributed by atoms with Crippen LogP contribution < -0.4 is 0 Å². The maximum atomic E-state index is 12.2. The first kappa shape index (κ1) is 20.2. The third kappa shape index (κ3) is 6.23. The van der Waals surface area contributed by atoms with Gasteiger partial charge in [0.2, 0.25) is 0 Å². The van der Waals surface area contributed by atoms with Gasteiger partial charge in [0.15, 0.2) is 11.8 Å². The maximum absolute atomic E-state index is 12.2. The minimum atomic E-state index is -5.47. The molecule has 1 atom stereocenters. The summed E-state index contributed by atoms with van der Waals surface area (Å²) in [7, 11) is -5.47. The van der Waals surface area contributed by atoms with Gasteiger partial charge < -0.3 is 14.5 Å². The molecule has 1 unspecified atom stereocenters. The molecule has 0 aromatic heterocycles. The highest BCUT2D eigenvalue weighted by Gasteiger charge is 2.55. The van der Waals surface area contributed by atoms with Crippen LogP contribution in [-0.4, -0.2) is 39.9 Å². The molecule has 5 nitrogen and oxygen atoms in total. The van der Waals surface area contributed by atoms with E-state index in [0.29, 0.717) is 0 Å². The summed E-state index contributed by atoms with van der Waals surface area (Å²) in [5, 5.41) is -2.95. The smallest absolute Gasteiger partial charge is 0.422 e. The molecule has 0 bridgehead atoms. The predicted molar refractivity (Wildman–Crippen MR) is 57.4 cm³/mol. The molecule has 0 radical (unpaired) electrons. The quantitative estimate of drug-likeness (QED) is 0.439. The van der Waals surface area contributed by atoms with E-state index in [9.17, 15) is 35.7 Å². The summed E-state index contributed by atoms with van der Waals surface area (Å²) < 4.78 is 87.3. The van der Waals surface area contributed by atoms with E-state index in [0.717, 1.165) is 6.92 Å². The summed E-state index contributed by atoms with van der Waals surface area (Å²) in [6.45, 7) is -1.16. The van der Waals surface area contributed by atoms with Gasteiger partial charge in [-0.1, -0.05) is 6.92 Å². The number of rotatable bonds is 6. The number of carbonyl (C=O) groups excluding carboxylic acids is 1. The molecule has 2 N–H and O–H groups in total. The molecule has 0 spiro atoms. The van der Waals surface area contributed by atoms with Gasteiger partial charge in [0.25, 0.3) is 0 Å². The SMILES string of the molecule is CCC(CCC(F)(F)F)(C(=O)OCC(F)(F)F)P(=O)(O)O. The Kier molecular flexibility index (Phi) is 6.28. The second-order valence-corrected chi connectivity index (χ2v) is 6.18. The van der Waals surface area contributed by atoms with E-state index in [2.05, 4.69) is 4.74 Å². The van der Waals surface area contributed by atoms with Crippen LogP contribution >= 0.6 is 7.60 Å². The van der Waals surface area contributed by atoms with Crippen LogP contribution in [0.15, 0.2) is 0 Å². The molecule has 0 aliphatic carbocycles. The summed E-state index contributed by atoms with van der Waals surface area (Å²) in [5.41, 5.74) is 0. The molecule has 12 heteroatoms. The van der Waals surface area contributed by atoms with Crippen LogP contribution in [0.25, 0.3) is 0 Å². The second-order valence-electron chi connectivity index (χ2n) is 4.24.